The molecule has 1 aromatic heterocycles. The molecular formula is C17H14ClN3. The van der Waals surface area contributed by atoms with Crippen LogP contribution in [0.3, 0.4) is 0 Å². The minimum absolute atomic E-state index is 0.729. The summed E-state index contributed by atoms with van der Waals surface area (Å²) in [6.07, 6.45) is 0.918. The lowest BCUT2D eigenvalue weighted by molar-refractivity contribution is 0.991. The van der Waals surface area contributed by atoms with Crippen molar-refractivity contribution in [3.63, 3.8) is 0 Å². The van der Waals surface area contributed by atoms with Crippen LogP contribution in [0.5, 0.6) is 0 Å². The number of anilines is 1. The minimum Gasteiger partial charge on any atom is -0.384 e. The van der Waals surface area contributed by atoms with Crippen LogP contribution in [0.25, 0.3) is 22.6 Å². The van der Waals surface area contributed by atoms with Gasteiger partial charge in [0.1, 0.15) is 5.82 Å². The van der Waals surface area contributed by atoms with Gasteiger partial charge in [0, 0.05) is 40.5 Å². The van der Waals surface area contributed by atoms with Crippen molar-refractivity contribution in [1.29, 1.82) is 0 Å². The number of imidazole rings is 1. The van der Waals surface area contributed by atoms with E-state index in [2.05, 4.69) is 22.4 Å². The summed E-state index contributed by atoms with van der Waals surface area (Å²) < 4.78 is 0. The van der Waals surface area contributed by atoms with Gasteiger partial charge in [0.25, 0.3) is 0 Å². The molecule has 0 amide bonds. The lowest BCUT2D eigenvalue weighted by atomic mass is 10.1. The molecule has 0 aliphatic carbocycles. The Labute approximate surface area is 128 Å². The molecule has 3 nitrogen and oxygen atoms in total. The molecule has 1 aliphatic rings. The predicted octanol–water partition coefficient (Wildman–Crippen LogP) is 4.37. The number of fused-ring (bicyclic) bond motifs is 3. The summed E-state index contributed by atoms with van der Waals surface area (Å²) in [5.41, 5.74) is 5.40. The molecule has 0 radical (unpaired) electrons. The number of H-pyrrole nitrogens is 1. The van der Waals surface area contributed by atoms with Crippen LogP contribution in [-0.4, -0.2) is 16.5 Å². The molecule has 0 unspecified atom stereocenters. The van der Waals surface area contributed by atoms with E-state index in [4.69, 9.17) is 16.6 Å². The third kappa shape index (κ3) is 2.20. The van der Waals surface area contributed by atoms with Crippen LogP contribution in [0.15, 0.2) is 48.5 Å². The molecule has 3 aromatic rings. The van der Waals surface area contributed by atoms with Crippen molar-refractivity contribution < 1.29 is 0 Å². The predicted molar refractivity (Wildman–Crippen MR) is 86.7 cm³/mol. The number of aromatic nitrogens is 2. The molecule has 21 heavy (non-hydrogen) atoms. The molecule has 2 aromatic carbocycles. The topological polar surface area (TPSA) is 40.7 Å². The molecule has 2 heterocycles. The monoisotopic (exact) mass is 295 g/mol. The van der Waals surface area contributed by atoms with Crippen molar-refractivity contribution in [3.05, 3.63) is 59.2 Å². The van der Waals surface area contributed by atoms with Crippen molar-refractivity contribution in [2.24, 2.45) is 0 Å². The summed E-state index contributed by atoms with van der Waals surface area (Å²) >= 11 is 6.15. The standard InChI is InChI=1S/C17H14ClN3/c18-12-6-7-14-13(10-12)16-15(8-9-19-14)20-17(21-16)11-4-2-1-3-5-11/h1-7,10,19H,8-9H2,(H,20,21). The van der Waals surface area contributed by atoms with E-state index in [0.717, 1.165) is 52.0 Å². The summed E-state index contributed by atoms with van der Waals surface area (Å²) in [7, 11) is 0. The maximum absolute atomic E-state index is 6.15. The van der Waals surface area contributed by atoms with Gasteiger partial charge in [-0.3, -0.25) is 0 Å². The number of nitrogens with zero attached hydrogens (tertiary/aromatic N) is 1. The van der Waals surface area contributed by atoms with Crippen molar-refractivity contribution in [3.8, 4) is 22.6 Å². The molecule has 0 spiro atoms. The first-order valence-electron chi connectivity index (χ1n) is 6.99. The highest BCUT2D eigenvalue weighted by Crippen LogP contribution is 2.35. The van der Waals surface area contributed by atoms with Gasteiger partial charge < -0.3 is 10.3 Å². The summed E-state index contributed by atoms with van der Waals surface area (Å²) in [5, 5.41) is 4.16. The van der Waals surface area contributed by atoms with E-state index in [9.17, 15) is 0 Å². The van der Waals surface area contributed by atoms with E-state index in [0.29, 0.717) is 0 Å². The van der Waals surface area contributed by atoms with Crippen molar-refractivity contribution in [1.82, 2.24) is 9.97 Å². The van der Waals surface area contributed by atoms with Gasteiger partial charge in [0.15, 0.2) is 0 Å². The second-order valence-electron chi connectivity index (χ2n) is 5.15. The van der Waals surface area contributed by atoms with E-state index in [-0.39, 0.29) is 0 Å². The third-order valence-electron chi connectivity index (χ3n) is 3.75. The van der Waals surface area contributed by atoms with E-state index in [1.807, 2.05) is 36.4 Å². The number of hydrogen-bond acceptors (Lipinski definition) is 2. The first-order chi connectivity index (χ1) is 10.3. The Hall–Kier alpha value is -2.26. The van der Waals surface area contributed by atoms with Crippen LogP contribution >= 0.6 is 11.6 Å². The fourth-order valence-electron chi connectivity index (χ4n) is 2.73. The second-order valence-corrected chi connectivity index (χ2v) is 5.58. The van der Waals surface area contributed by atoms with Crippen molar-refractivity contribution >= 4 is 17.3 Å². The minimum atomic E-state index is 0.729. The molecule has 4 heteroatoms. The van der Waals surface area contributed by atoms with Gasteiger partial charge >= 0.3 is 0 Å². The lowest BCUT2D eigenvalue weighted by Gasteiger charge is -2.07. The average Bonchev–Trinajstić information content (AvgIpc) is 2.87. The lowest BCUT2D eigenvalue weighted by Crippen LogP contribution is -2.02. The number of hydrogen-bond donors (Lipinski definition) is 2. The fourth-order valence-corrected chi connectivity index (χ4v) is 2.91. The molecule has 104 valence electrons. The molecule has 2 N–H and O–H groups in total. The molecule has 1 aliphatic heterocycles. The molecule has 4 rings (SSSR count). The Kier molecular flexibility index (Phi) is 2.93. The van der Waals surface area contributed by atoms with E-state index in [1.54, 1.807) is 0 Å². The molecule has 0 saturated carbocycles. The van der Waals surface area contributed by atoms with Crippen LogP contribution < -0.4 is 5.32 Å². The van der Waals surface area contributed by atoms with E-state index < -0.39 is 0 Å². The number of halogens is 1. The number of benzene rings is 2. The van der Waals surface area contributed by atoms with Gasteiger partial charge in [0.2, 0.25) is 0 Å². The van der Waals surface area contributed by atoms with Crippen LogP contribution in [-0.2, 0) is 6.42 Å². The number of rotatable bonds is 1. The molecule has 0 atom stereocenters. The zero-order chi connectivity index (χ0) is 14.2. The zero-order valence-corrected chi connectivity index (χ0v) is 12.1. The average molecular weight is 296 g/mol. The van der Waals surface area contributed by atoms with Gasteiger partial charge in [-0.1, -0.05) is 41.9 Å². The Morgan fingerprint density at radius 1 is 1.05 bits per heavy atom. The van der Waals surface area contributed by atoms with Gasteiger partial charge in [0.05, 0.1) is 5.69 Å². The summed E-state index contributed by atoms with van der Waals surface area (Å²) in [5.74, 6) is 0.911. The number of nitrogens with one attached hydrogen (secondary N) is 2. The maximum atomic E-state index is 6.15. The largest absolute Gasteiger partial charge is 0.384 e. The Morgan fingerprint density at radius 3 is 2.76 bits per heavy atom. The first-order valence-corrected chi connectivity index (χ1v) is 7.37. The quantitative estimate of drug-likeness (QED) is 0.700. The highest BCUT2D eigenvalue weighted by atomic mass is 35.5. The zero-order valence-electron chi connectivity index (χ0n) is 11.4. The van der Waals surface area contributed by atoms with E-state index >= 15 is 0 Å². The fraction of sp³-hybridized carbons (Fsp3) is 0.118. The summed E-state index contributed by atoms with van der Waals surface area (Å²) in [4.78, 5) is 8.27. The van der Waals surface area contributed by atoms with Crippen molar-refractivity contribution in [2.75, 3.05) is 11.9 Å². The Bertz CT molecular complexity index is 793. The Morgan fingerprint density at radius 2 is 1.90 bits per heavy atom. The molecular weight excluding hydrogens is 282 g/mol. The highest BCUT2D eigenvalue weighted by molar-refractivity contribution is 6.31. The van der Waals surface area contributed by atoms with Crippen LogP contribution in [0.1, 0.15) is 5.69 Å². The summed E-state index contributed by atoms with van der Waals surface area (Å²) in [6, 6.07) is 16.1. The third-order valence-corrected chi connectivity index (χ3v) is 3.99. The van der Waals surface area contributed by atoms with Gasteiger partial charge in [-0.05, 0) is 18.2 Å². The SMILES string of the molecule is Clc1ccc2c(c1)-c1nc(-c3ccccc3)[nH]c1CCN2. The Balaban J connectivity index is 1.89. The van der Waals surface area contributed by atoms with Crippen LogP contribution in [0.2, 0.25) is 5.02 Å². The summed E-state index contributed by atoms with van der Waals surface area (Å²) in [6.45, 7) is 0.887. The number of aromatic amines is 1. The normalized spacial score (nSPS) is 13.0. The second kappa shape index (κ2) is 4.93. The van der Waals surface area contributed by atoms with Crippen molar-refractivity contribution in [2.45, 2.75) is 6.42 Å². The smallest absolute Gasteiger partial charge is 0.138 e. The van der Waals surface area contributed by atoms with E-state index in [1.165, 1.54) is 0 Å². The van der Waals surface area contributed by atoms with Gasteiger partial charge in [-0.15, -0.1) is 0 Å². The maximum Gasteiger partial charge on any atom is 0.138 e. The van der Waals surface area contributed by atoms with Gasteiger partial charge in [-0.25, -0.2) is 4.98 Å². The molecule has 0 saturated heterocycles. The molecule has 0 bridgehead atoms. The highest BCUT2D eigenvalue weighted by Gasteiger charge is 2.19. The first kappa shape index (κ1) is 12.5. The van der Waals surface area contributed by atoms with Gasteiger partial charge in [-0.2, -0.15) is 0 Å². The van der Waals surface area contributed by atoms with Crippen LogP contribution in [0, 0.1) is 0 Å². The van der Waals surface area contributed by atoms with Crippen LogP contribution in [0.4, 0.5) is 5.69 Å². The molecule has 0 fully saturated rings.